The van der Waals surface area contributed by atoms with Crippen molar-refractivity contribution in [3.8, 4) is 0 Å². The van der Waals surface area contributed by atoms with E-state index < -0.39 is 0 Å². The van der Waals surface area contributed by atoms with Crippen molar-refractivity contribution in [2.45, 2.75) is 0 Å². The number of rotatable bonds is 2. The van der Waals surface area contributed by atoms with Crippen molar-refractivity contribution in [2.75, 3.05) is 7.11 Å². The lowest BCUT2D eigenvalue weighted by molar-refractivity contribution is 0.309. The van der Waals surface area contributed by atoms with Gasteiger partial charge in [0.15, 0.2) is 5.94 Å². The maximum Gasteiger partial charge on any atom is 0.202 e. The van der Waals surface area contributed by atoms with Crippen LogP contribution >= 0.6 is 0 Å². The van der Waals surface area contributed by atoms with Crippen molar-refractivity contribution >= 4 is 5.94 Å². The van der Waals surface area contributed by atoms with E-state index >= 15 is 0 Å². The minimum atomic E-state index is 0.139. The Kier molecular flexibility index (Phi) is 2.73. The summed E-state index contributed by atoms with van der Waals surface area (Å²) in [6.07, 6.45) is 1.30. The number of methoxy groups -OCH3 is 1. The highest BCUT2D eigenvalue weighted by Crippen LogP contribution is 1.85. The topological polar surface area (TPSA) is 26.3 Å². The summed E-state index contributed by atoms with van der Waals surface area (Å²) in [6.45, 7) is 3.28. The molecule has 0 aromatic rings. The molecule has 0 atom stereocenters. The van der Waals surface area contributed by atoms with Crippen LogP contribution in [0.15, 0.2) is 18.4 Å². The van der Waals surface area contributed by atoms with E-state index in [-0.39, 0.29) is 5.76 Å². The van der Waals surface area contributed by atoms with Crippen molar-refractivity contribution < 1.29 is 9.53 Å². The van der Waals surface area contributed by atoms with E-state index in [9.17, 15) is 4.79 Å². The zero-order chi connectivity index (χ0) is 5.70. The van der Waals surface area contributed by atoms with Gasteiger partial charge in [-0.3, -0.25) is 0 Å². The molecule has 0 N–H and O–H groups in total. The minimum absolute atomic E-state index is 0.139. The second-order valence-corrected chi connectivity index (χ2v) is 0.875. The number of allylic oxidation sites excluding steroid dienone is 1. The van der Waals surface area contributed by atoms with Gasteiger partial charge in [0.05, 0.1) is 7.11 Å². The molecule has 0 aliphatic heterocycles. The first kappa shape index (κ1) is 5.99. The molecule has 38 valence electrons. The third kappa shape index (κ3) is 1.79. The second-order valence-electron chi connectivity index (χ2n) is 0.875. The zero-order valence-corrected chi connectivity index (χ0v) is 4.10. The highest BCUT2D eigenvalue weighted by Gasteiger charge is 1.80. The molecule has 0 radical (unpaired) electrons. The van der Waals surface area contributed by atoms with Gasteiger partial charge < -0.3 is 4.74 Å². The Morgan fingerprint density at radius 1 is 2.00 bits per heavy atom. The normalized spacial score (nSPS) is 6.43. The Morgan fingerprint density at radius 2 is 2.57 bits per heavy atom. The fourth-order valence-electron chi connectivity index (χ4n) is 0.167. The monoisotopic (exact) mass is 98.0 g/mol. The Morgan fingerprint density at radius 3 is 2.57 bits per heavy atom. The summed E-state index contributed by atoms with van der Waals surface area (Å²) in [4.78, 5) is 9.61. The van der Waals surface area contributed by atoms with Crippen LogP contribution in [0, 0.1) is 0 Å². The Labute approximate surface area is 42.1 Å². The van der Waals surface area contributed by atoms with Crippen LogP contribution in [0.5, 0.6) is 0 Å². The van der Waals surface area contributed by atoms with Crippen LogP contribution in [0.2, 0.25) is 0 Å². The van der Waals surface area contributed by atoms with Crippen LogP contribution in [-0.4, -0.2) is 13.1 Å². The van der Waals surface area contributed by atoms with Crippen LogP contribution < -0.4 is 0 Å². The smallest absolute Gasteiger partial charge is 0.202 e. The van der Waals surface area contributed by atoms with Gasteiger partial charge in [-0.05, 0) is 6.08 Å². The molecule has 0 aromatic heterocycles. The molecule has 0 rings (SSSR count). The first-order valence-corrected chi connectivity index (χ1v) is 1.76. The highest BCUT2D eigenvalue weighted by molar-refractivity contribution is 5.53. The molecule has 0 unspecified atom stereocenters. The first-order chi connectivity index (χ1) is 3.35. The van der Waals surface area contributed by atoms with Gasteiger partial charge in [0.2, 0.25) is 5.76 Å². The molecule has 0 heterocycles. The van der Waals surface area contributed by atoms with Gasteiger partial charge >= 0.3 is 0 Å². The van der Waals surface area contributed by atoms with Gasteiger partial charge in [-0.25, -0.2) is 4.79 Å². The van der Waals surface area contributed by atoms with E-state index in [0.29, 0.717) is 0 Å². The van der Waals surface area contributed by atoms with E-state index in [1.165, 1.54) is 19.1 Å². The third-order valence-corrected chi connectivity index (χ3v) is 0.506. The molecule has 0 amide bonds. The predicted octanol–water partition coefficient (Wildman–Crippen LogP) is 0.534. The van der Waals surface area contributed by atoms with Gasteiger partial charge in [0.1, 0.15) is 0 Å². The molecule has 0 saturated heterocycles. The molecule has 0 fully saturated rings. The molecule has 2 nitrogen and oxygen atoms in total. The van der Waals surface area contributed by atoms with Gasteiger partial charge in [-0.15, -0.1) is 0 Å². The Hall–Kier alpha value is -1.01. The SMILES string of the molecule is C=CC(=C=O)OC. The van der Waals surface area contributed by atoms with E-state index in [0.717, 1.165) is 0 Å². The van der Waals surface area contributed by atoms with Crippen LogP contribution in [0.25, 0.3) is 0 Å². The molecule has 0 bridgehead atoms. The fraction of sp³-hybridized carbons (Fsp3) is 0.200. The van der Waals surface area contributed by atoms with E-state index in [1.807, 2.05) is 0 Å². The quantitative estimate of drug-likeness (QED) is 0.286. The molecule has 0 aliphatic rings. The molecule has 7 heavy (non-hydrogen) atoms. The summed E-state index contributed by atoms with van der Waals surface area (Å²) in [7, 11) is 1.39. The first-order valence-electron chi connectivity index (χ1n) is 1.76. The maximum atomic E-state index is 9.61. The van der Waals surface area contributed by atoms with Crippen molar-refractivity contribution in [1.29, 1.82) is 0 Å². The summed E-state index contributed by atoms with van der Waals surface area (Å²) < 4.78 is 4.42. The van der Waals surface area contributed by atoms with Gasteiger partial charge in [-0.2, -0.15) is 0 Å². The number of hydrogen-bond donors (Lipinski definition) is 0. The van der Waals surface area contributed by atoms with Crippen LogP contribution in [0.3, 0.4) is 0 Å². The van der Waals surface area contributed by atoms with Crippen LogP contribution in [0.1, 0.15) is 0 Å². The lowest BCUT2D eigenvalue weighted by atomic mass is 10.5. The van der Waals surface area contributed by atoms with E-state index in [1.54, 1.807) is 0 Å². The van der Waals surface area contributed by atoms with Crippen molar-refractivity contribution in [1.82, 2.24) is 0 Å². The summed E-state index contributed by atoms with van der Waals surface area (Å²) in [5.41, 5.74) is 0. The predicted molar refractivity (Wildman–Crippen MR) is 26.4 cm³/mol. The number of ether oxygens (including phenoxy) is 1. The summed E-state index contributed by atoms with van der Waals surface area (Å²) in [5, 5.41) is 0. The number of carbonyl (C=O) groups excluding carboxylic acids is 1. The van der Waals surface area contributed by atoms with E-state index in [2.05, 4.69) is 11.3 Å². The van der Waals surface area contributed by atoms with Gasteiger partial charge in [0.25, 0.3) is 0 Å². The number of hydrogen-bond acceptors (Lipinski definition) is 2. The van der Waals surface area contributed by atoms with Crippen LogP contribution in [0.4, 0.5) is 0 Å². The molecule has 2 heteroatoms. The third-order valence-electron chi connectivity index (χ3n) is 0.506. The minimum Gasteiger partial charge on any atom is -0.487 e. The Balaban J connectivity index is 3.86. The van der Waals surface area contributed by atoms with Crippen molar-refractivity contribution in [2.24, 2.45) is 0 Å². The van der Waals surface area contributed by atoms with Crippen molar-refractivity contribution in [3.05, 3.63) is 18.4 Å². The summed E-state index contributed by atoms with van der Waals surface area (Å²) in [6, 6.07) is 0. The molecule has 0 aromatic carbocycles. The second kappa shape index (κ2) is 3.19. The Bertz CT molecular complexity index is 109. The van der Waals surface area contributed by atoms with Crippen LogP contribution in [-0.2, 0) is 9.53 Å². The zero-order valence-electron chi connectivity index (χ0n) is 4.10. The maximum absolute atomic E-state index is 9.61. The molecular weight excluding hydrogens is 92.1 g/mol. The van der Waals surface area contributed by atoms with Gasteiger partial charge in [0, 0.05) is 0 Å². The van der Waals surface area contributed by atoms with Gasteiger partial charge in [-0.1, -0.05) is 6.58 Å². The fourth-order valence-corrected chi connectivity index (χ4v) is 0.167. The summed E-state index contributed by atoms with van der Waals surface area (Å²) in [5.74, 6) is 1.67. The lowest BCUT2D eigenvalue weighted by Crippen LogP contribution is -1.78. The summed E-state index contributed by atoms with van der Waals surface area (Å²) >= 11 is 0. The lowest BCUT2D eigenvalue weighted by Gasteiger charge is -1.87. The molecule has 0 aliphatic carbocycles. The van der Waals surface area contributed by atoms with Crippen molar-refractivity contribution in [3.63, 3.8) is 0 Å². The highest BCUT2D eigenvalue weighted by atomic mass is 16.5. The molecular formula is C5H6O2. The van der Waals surface area contributed by atoms with E-state index in [4.69, 9.17) is 0 Å². The average Bonchev–Trinajstić information content (AvgIpc) is 1.72. The average molecular weight is 98.1 g/mol. The largest absolute Gasteiger partial charge is 0.487 e. The standard InChI is InChI=1S/C5H6O2/c1-3-5(4-6)7-2/h3H,1H2,2H3. The molecule has 0 saturated carbocycles. The molecule has 0 spiro atoms.